The van der Waals surface area contributed by atoms with Crippen LogP contribution in [0, 0.1) is 5.41 Å². The van der Waals surface area contributed by atoms with Gasteiger partial charge in [0.2, 0.25) is 0 Å². The van der Waals surface area contributed by atoms with Gasteiger partial charge in [-0.05, 0) is 55.7 Å². The first-order valence-electron chi connectivity index (χ1n) is 9.25. The molecule has 2 aromatic rings. The minimum absolute atomic E-state index is 0.126. The van der Waals surface area contributed by atoms with Gasteiger partial charge in [0.15, 0.2) is 0 Å². The number of fused-ring (bicyclic) bond motifs is 3. The van der Waals surface area contributed by atoms with Crippen LogP contribution in [0.1, 0.15) is 55.9 Å². The van der Waals surface area contributed by atoms with Crippen LogP contribution in [0.5, 0.6) is 0 Å². The Morgan fingerprint density at radius 2 is 2.17 bits per heavy atom. The minimum Gasteiger partial charge on any atom is -0.480 e. The van der Waals surface area contributed by atoms with Crippen molar-refractivity contribution in [1.29, 1.82) is 0 Å². The summed E-state index contributed by atoms with van der Waals surface area (Å²) in [7, 11) is 0. The molecule has 3 atom stereocenters. The first-order chi connectivity index (χ1) is 11.7. The van der Waals surface area contributed by atoms with Crippen molar-refractivity contribution in [3.63, 3.8) is 0 Å². The van der Waals surface area contributed by atoms with E-state index in [4.69, 9.17) is 0 Å². The van der Waals surface area contributed by atoms with E-state index in [2.05, 4.69) is 34.6 Å². The molecule has 126 valence electrons. The number of aliphatic carboxylic acids is 1. The third kappa shape index (κ3) is 1.65. The van der Waals surface area contributed by atoms with E-state index in [9.17, 15) is 9.90 Å². The topological polar surface area (TPSA) is 45.5 Å². The maximum absolute atomic E-state index is 12.2. The molecule has 1 N–H and O–H groups in total. The molecule has 5 rings (SSSR count). The average Bonchev–Trinajstić information content (AvgIpc) is 2.95. The minimum atomic E-state index is -0.674. The Kier molecular flexibility index (Phi) is 2.94. The molecule has 0 spiro atoms. The fraction of sp³-hybridized carbons (Fsp3) is 0.550. The van der Waals surface area contributed by atoms with Crippen molar-refractivity contribution in [2.75, 3.05) is 13.1 Å². The number of piperidine rings is 1. The first kappa shape index (κ1) is 14.5. The predicted molar refractivity (Wildman–Crippen MR) is 93.2 cm³/mol. The van der Waals surface area contributed by atoms with Gasteiger partial charge in [-0.15, -0.1) is 0 Å². The lowest BCUT2D eigenvalue weighted by atomic mass is 9.63. The molecule has 0 unspecified atom stereocenters. The Morgan fingerprint density at radius 3 is 2.96 bits per heavy atom. The number of carboxylic acid groups (broad SMARTS) is 1. The quantitative estimate of drug-likeness (QED) is 0.915. The van der Waals surface area contributed by atoms with Crippen LogP contribution in [0.4, 0.5) is 0 Å². The molecule has 4 heteroatoms. The molecule has 1 aromatic carbocycles. The van der Waals surface area contributed by atoms with Gasteiger partial charge in [-0.1, -0.05) is 25.1 Å². The van der Waals surface area contributed by atoms with Gasteiger partial charge < -0.3 is 9.67 Å². The van der Waals surface area contributed by atoms with Crippen LogP contribution in [0.15, 0.2) is 24.3 Å². The van der Waals surface area contributed by atoms with Crippen LogP contribution < -0.4 is 0 Å². The number of para-hydroxylation sites is 1. The highest BCUT2D eigenvalue weighted by Crippen LogP contribution is 2.59. The number of benzene rings is 1. The predicted octanol–water partition coefficient (Wildman–Crippen LogP) is 3.76. The first-order valence-corrected chi connectivity index (χ1v) is 9.25. The molecule has 0 radical (unpaired) electrons. The summed E-state index contributed by atoms with van der Waals surface area (Å²) in [4.78, 5) is 14.8. The molecule has 3 aliphatic rings. The van der Waals surface area contributed by atoms with Crippen molar-refractivity contribution in [1.82, 2.24) is 9.47 Å². The number of nitrogens with zero attached hydrogens (tertiary/aromatic N) is 2. The van der Waals surface area contributed by atoms with E-state index in [0.29, 0.717) is 6.04 Å². The lowest BCUT2D eigenvalue weighted by Gasteiger charge is -2.56. The van der Waals surface area contributed by atoms with Crippen molar-refractivity contribution < 1.29 is 9.90 Å². The van der Waals surface area contributed by atoms with Crippen LogP contribution >= 0.6 is 0 Å². The van der Waals surface area contributed by atoms with Gasteiger partial charge in [-0.3, -0.25) is 4.90 Å². The Morgan fingerprint density at radius 1 is 1.33 bits per heavy atom. The van der Waals surface area contributed by atoms with E-state index in [1.54, 1.807) is 0 Å². The third-order valence-corrected chi connectivity index (χ3v) is 6.93. The Labute approximate surface area is 142 Å². The van der Waals surface area contributed by atoms with Gasteiger partial charge >= 0.3 is 5.97 Å². The zero-order valence-electron chi connectivity index (χ0n) is 14.2. The molecule has 0 aliphatic carbocycles. The Balaban J connectivity index is 1.87. The van der Waals surface area contributed by atoms with E-state index in [1.807, 2.05) is 6.07 Å². The second-order valence-electron chi connectivity index (χ2n) is 7.82. The molecule has 1 saturated heterocycles. The van der Waals surface area contributed by atoms with Gasteiger partial charge in [-0.25, -0.2) is 4.79 Å². The van der Waals surface area contributed by atoms with Gasteiger partial charge in [0.25, 0.3) is 0 Å². The normalized spacial score (nSPS) is 31.9. The number of carboxylic acids is 1. The van der Waals surface area contributed by atoms with Crippen LogP contribution in [0.2, 0.25) is 0 Å². The molecule has 0 saturated carbocycles. The summed E-state index contributed by atoms with van der Waals surface area (Å²) in [5, 5.41) is 11.3. The van der Waals surface area contributed by atoms with Crippen LogP contribution in [0.25, 0.3) is 10.9 Å². The van der Waals surface area contributed by atoms with E-state index in [0.717, 1.165) is 44.3 Å². The molecule has 1 aromatic heterocycles. The average molecular weight is 324 g/mol. The summed E-state index contributed by atoms with van der Waals surface area (Å²) in [6, 6.07) is 8.39. The van der Waals surface area contributed by atoms with Crippen molar-refractivity contribution in [3.8, 4) is 0 Å². The molecular weight excluding hydrogens is 300 g/mol. The zero-order valence-corrected chi connectivity index (χ0v) is 14.2. The monoisotopic (exact) mass is 324 g/mol. The fourth-order valence-corrected chi connectivity index (χ4v) is 5.90. The molecule has 3 aliphatic heterocycles. The molecular formula is C20H24N2O2. The van der Waals surface area contributed by atoms with Gasteiger partial charge in [0.05, 0.1) is 6.04 Å². The van der Waals surface area contributed by atoms with E-state index in [1.165, 1.54) is 23.1 Å². The van der Waals surface area contributed by atoms with Crippen molar-refractivity contribution in [2.24, 2.45) is 5.41 Å². The van der Waals surface area contributed by atoms with Crippen molar-refractivity contribution in [3.05, 3.63) is 35.5 Å². The zero-order chi connectivity index (χ0) is 16.5. The van der Waals surface area contributed by atoms with Crippen LogP contribution in [-0.2, 0) is 11.2 Å². The summed E-state index contributed by atoms with van der Waals surface area (Å²) >= 11 is 0. The molecule has 24 heavy (non-hydrogen) atoms. The highest BCUT2D eigenvalue weighted by molar-refractivity contribution is 5.88. The lowest BCUT2D eigenvalue weighted by Crippen LogP contribution is -2.53. The summed E-state index contributed by atoms with van der Waals surface area (Å²) in [6.45, 7) is 4.53. The molecule has 1 fully saturated rings. The second kappa shape index (κ2) is 4.85. The maximum atomic E-state index is 12.2. The van der Waals surface area contributed by atoms with E-state index in [-0.39, 0.29) is 5.41 Å². The van der Waals surface area contributed by atoms with E-state index >= 15 is 0 Å². The van der Waals surface area contributed by atoms with Crippen LogP contribution in [-0.4, -0.2) is 33.6 Å². The smallest absolute Gasteiger partial charge is 0.326 e. The molecule has 0 bridgehead atoms. The van der Waals surface area contributed by atoms with Crippen molar-refractivity contribution in [2.45, 2.75) is 51.1 Å². The van der Waals surface area contributed by atoms with E-state index < -0.39 is 12.0 Å². The lowest BCUT2D eigenvalue weighted by molar-refractivity contribution is -0.145. The number of rotatable bonds is 2. The summed E-state index contributed by atoms with van der Waals surface area (Å²) in [6.07, 6.45) is 5.25. The summed E-state index contributed by atoms with van der Waals surface area (Å²) in [5.74, 6) is -0.674. The van der Waals surface area contributed by atoms with Gasteiger partial charge in [-0.2, -0.15) is 0 Å². The highest BCUT2D eigenvalue weighted by atomic mass is 16.4. The Hall–Kier alpha value is -1.81. The van der Waals surface area contributed by atoms with Crippen LogP contribution in [0.3, 0.4) is 0 Å². The number of aromatic nitrogens is 1. The third-order valence-electron chi connectivity index (χ3n) is 6.93. The highest BCUT2D eigenvalue weighted by Gasteiger charge is 2.54. The summed E-state index contributed by atoms with van der Waals surface area (Å²) in [5.41, 5.74) is 3.98. The standard InChI is InChI=1S/C20H24N2O2/c1-2-20-9-5-10-21-11-8-14-13-6-3-4-7-15(13)22(17(14)18(20)21)16(12-20)19(23)24/h3-4,6-7,16,18H,2,5,8-12H2,1H3,(H,23,24)/t16-,18+,20-/m0/s1. The number of hydrogen-bond acceptors (Lipinski definition) is 2. The second-order valence-corrected chi connectivity index (χ2v) is 7.82. The molecule has 4 heterocycles. The molecule has 0 amide bonds. The maximum Gasteiger partial charge on any atom is 0.326 e. The largest absolute Gasteiger partial charge is 0.480 e. The van der Waals surface area contributed by atoms with Crippen molar-refractivity contribution >= 4 is 16.9 Å². The number of hydrogen-bond donors (Lipinski definition) is 1. The number of carbonyl (C=O) groups is 1. The Bertz CT molecular complexity index is 840. The van der Waals surface area contributed by atoms with Gasteiger partial charge in [0.1, 0.15) is 6.04 Å². The van der Waals surface area contributed by atoms with Gasteiger partial charge in [0, 0.05) is 23.1 Å². The summed E-state index contributed by atoms with van der Waals surface area (Å²) < 4.78 is 2.18. The SMILES string of the molecule is CC[C@]12CCCN3CCc4c(n(c5ccccc45)[C@H](C(=O)O)C1)[C@@H]32. The molecule has 4 nitrogen and oxygen atoms in total. The fourth-order valence-electron chi connectivity index (χ4n) is 5.90.